The van der Waals surface area contributed by atoms with E-state index < -0.39 is 113 Å². The Balaban J connectivity index is 2.81. The van der Waals surface area contributed by atoms with E-state index in [4.69, 9.17) is 10.5 Å². The number of nitriles is 6. The Bertz CT molecular complexity index is 1950. The Morgan fingerprint density at radius 3 is 0.762 bits per heavy atom. The van der Waals surface area contributed by atoms with E-state index in [0.29, 0.717) is 0 Å². The van der Waals surface area contributed by atoms with Crippen LogP contribution in [0.2, 0.25) is 0 Å². The highest BCUT2D eigenvalue weighted by Gasteiger charge is 2.33. The molecule has 0 N–H and O–H groups in total. The zero-order valence-corrected chi connectivity index (χ0v) is 19.5. The van der Waals surface area contributed by atoms with E-state index in [1.165, 1.54) is 0 Å². The van der Waals surface area contributed by atoms with Crippen LogP contribution in [-0.2, 0) is 0 Å². The first kappa shape index (κ1) is 30.2. The smallest absolute Gasteiger partial charge is 0.180 e. The molecule has 42 heavy (non-hydrogen) atoms. The third-order valence-electron chi connectivity index (χ3n) is 5.58. The average Bonchev–Trinajstić information content (AvgIpc) is 2.97. The van der Waals surface area contributed by atoms with Crippen molar-refractivity contribution in [3.05, 3.63) is 102 Å². The van der Waals surface area contributed by atoms with Gasteiger partial charge in [0.15, 0.2) is 58.2 Å². The van der Waals surface area contributed by atoms with Crippen molar-refractivity contribution in [1.82, 2.24) is 0 Å². The zero-order valence-electron chi connectivity index (χ0n) is 19.5. The Hall–Kier alpha value is -6.36. The molecule has 0 aliphatic rings. The molecule has 0 heterocycles. The van der Waals surface area contributed by atoms with Crippen molar-refractivity contribution in [2.75, 3.05) is 0 Å². The van der Waals surface area contributed by atoms with Crippen LogP contribution in [0.1, 0.15) is 33.4 Å². The van der Waals surface area contributed by atoms with Crippen molar-refractivity contribution in [3.8, 4) is 36.4 Å². The lowest BCUT2D eigenvalue weighted by atomic mass is 9.92. The van der Waals surface area contributed by atoms with Crippen LogP contribution in [0.5, 0.6) is 0 Å². The van der Waals surface area contributed by atoms with Gasteiger partial charge in [-0.1, -0.05) is 0 Å². The molecule has 0 radical (unpaired) electrons. The molecule has 0 unspecified atom stereocenters. The Kier molecular flexibility index (Phi) is 7.92. The molecule has 0 atom stereocenters. The Labute approximate surface area is 225 Å². The third kappa shape index (κ3) is 4.09. The van der Waals surface area contributed by atoms with E-state index in [0.717, 1.165) is 36.4 Å². The van der Waals surface area contributed by atoms with Gasteiger partial charge in [0.25, 0.3) is 0 Å². The molecular weight excluding hydrogens is 586 g/mol. The highest BCUT2D eigenvalue weighted by molar-refractivity contribution is 5.82. The molecule has 0 saturated heterocycles. The first-order valence-electron chi connectivity index (χ1n) is 10.2. The minimum atomic E-state index is -2.50. The first-order chi connectivity index (χ1) is 19.8. The fourth-order valence-corrected chi connectivity index (χ4v) is 3.74. The predicted octanol–water partition coefficient (Wildman–Crippen LogP) is 4.01. The van der Waals surface area contributed by atoms with Crippen LogP contribution in [0, 0.1) is 126 Å². The normalized spacial score (nSPS) is 11.7. The van der Waals surface area contributed by atoms with Gasteiger partial charge in [-0.2, -0.15) is 31.6 Å². The number of benzene rings is 3. The summed E-state index contributed by atoms with van der Waals surface area (Å²) >= 11 is 0. The van der Waals surface area contributed by atoms with Crippen LogP contribution in [0.25, 0.3) is 11.1 Å². The third-order valence-corrected chi connectivity index (χ3v) is 5.58. The summed E-state index contributed by atoms with van der Waals surface area (Å²) < 4.78 is 147. The SMILES string of the molecule is N#CC(c1c(F)c(F)c(C#N)c(F)c1F)=c1c(F)c(C#N)c(=C(C#N)c2c(F)c(F)c(C#N)c(F)c2F)c(F)c1C#N. The number of hydrogen-bond donors (Lipinski definition) is 0. The minimum absolute atomic E-state index is 0.779. The maximum Gasteiger partial charge on any atom is 0.180 e. The molecule has 0 bridgehead atoms. The van der Waals surface area contributed by atoms with Gasteiger partial charge in [-0.3, -0.25) is 0 Å². The molecule has 3 aromatic rings. The van der Waals surface area contributed by atoms with Gasteiger partial charge in [-0.25, -0.2) is 43.9 Å². The van der Waals surface area contributed by atoms with Crippen molar-refractivity contribution in [1.29, 1.82) is 31.6 Å². The van der Waals surface area contributed by atoms with E-state index in [1.54, 1.807) is 0 Å². The highest BCUT2D eigenvalue weighted by atomic mass is 19.2. The lowest BCUT2D eigenvalue weighted by Gasteiger charge is -2.12. The molecule has 3 aromatic carbocycles. The molecule has 3 rings (SSSR count). The molecule has 0 aromatic heterocycles. The standard InChI is InChI=1S/C26F10N6/c27-17-10(4-40)14(8(2-38)16-25(35)21(31)12(6-42)22(32)26(16)36)18(28)9(3-39)13(17)7(1-37)15-23(33)19(29)11(5-41)20(30)24(15)34. The molecule has 204 valence electrons. The second-order valence-electron chi connectivity index (χ2n) is 7.56. The van der Waals surface area contributed by atoms with E-state index in [-0.39, 0.29) is 0 Å². The number of halogens is 10. The van der Waals surface area contributed by atoms with Crippen molar-refractivity contribution in [3.63, 3.8) is 0 Å². The van der Waals surface area contributed by atoms with Gasteiger partial charge in [-0.15, -0.1) is 0 Å². The lowest BCUT2D eigenvalue weighted by Crippen LogP contribution is -2.31. The number of rotatable bonds is 2. The first-order valence-corrected chi connectivity index (χ1v) is 10.2. The van der Waals surface area contributed by atoms with Crippen LogP contribution in [0.4, 0.5) is 43.9 Å². The second kappa shape index (κ2) is 11.0. The maximum atomic E-state index is 15.7. The van der Waals surface area contributed by atoms with E-state index >= 15 is 8.78 Å². The second-order valence-corrected chi connectivity index (χ2v) is 7.56. The van der Waals surface area contributed by atoms with Crippen LogP contribution in [-0.4, -0.2) is 0 Å². The van der Waals surface area contributed by atoms with Gasteiger partial charge in [0, 0.05) is 0 Å². The fourth-order valence-electron chi connectivity index (χ4n) is 3.74. The summed E-state index contributed by atoms with van der Waals surface area (Å²) in [5.41, 5.74) is -15.2. The number of nitrogens with zero attached hydrogens (tertiary/aromatic N) is 6. The summed E-state index contributed by atoms with van der Waals surface area (Å²) in [6.45, 7) is 0. The molecular formula is C26F10N6. The van der Waals surface area contributed by atoms with Gasteiger partial charge in [0.05, 0.1) is 43.8 Å². The molecule has 16 heteroatoms. The molecule has 0 aliphatic carbocycles. The van der Waals surface area contributed by atoms with E-state index in [1.807, 2.05) is 0 Å². The van der Waals surface area contributed by atoms with Crippen molar-refractivity contribution in [2.45, 2.75) is 0 Å². The van der Waals surface area contributed by atoms with Crippen LogP contribution < -0.4 is 10.4 Å². The number of hydrogen-bond acceptors (Lipinski definition) is 6. The summed E-state index contributed by atoms with van der Waals surface area (Å²) in [5, 5.41) is 51.7. The fraction of sp³-hybridized carbons (Fsp3) is 0. The van der Waals surface area contributed by atoms with Crippen molar-refractivity contribution in [2.24, 2.45) is 0 Å². The molecule has 0 saturated carbocycles. The van der Waals surface area contributed by atoms with Crippen molar-refractivity contribution < 1.29 is 43.9 Å². The summed E-state index contributed by atoms with van der Waals surface area (Å²) in [6.07, 6.45) is 0. The largest absolute Gasteiger partial charge is 0.205 e. The van der Waals surface area contributed by atoms with Gasteiger partial charge in [0.1, 0.15) is 47.5 Å². The predicted molar refractivity (Wildman–Crippen MR) is 113 cm³/mol. The Morgan fingerprint density at radius 2 is 0.571 bits per heavy atom. The zero-order chi connectivity index (χ0) is 31.8. The lowest BCUT2D eigenvalue weighted by molar-refractivity contribution is 0.446. The van der Waals surface area contributed by atoms with Crippen LogP contribution in [0.3, 0.4) is 0 Å². The van der Waals surface area contributed by atoms with Gasteiger partial charge in [-0.05, 0) is 0 Å². The summed E-state index contributed by atoms with van der Waals surface area (Å²) in [7, 11) is 0. The average molecular weight is 586 g/mol. The quantitative estimate of drug-likeness (QED) is 0.328. The minimum Gasteiger partial charge on any atom is -0.205 e. The summed E-state index contributed by atoms with van der Waals surface area (Å²) in [6, 6.07) is 5.09. The maximum absolute atomic E-state index is 15.7. The Morgan fingerprint density at radius 1 is 0.333 bits per heavy atom. The highest BCUT2D eigenvalue weighted by Crippen LogP contribution is 2.30. The molecule has 6 nitrogen and oxygen atoms in total. The molecule has 0 amide bonds. The van der Waals surface area contributed by atoms with Gasteiger partial charge < -0.3 is 0 Å². The molecule has 0 aliphatic heterocycles. The summed E-state index contributed by atoms with van der Waals surface area (Å²) in [4.78, 5) is 0. The molecule has 0 fully saturated rings. The van der Waals surface area contributed by atoms with E-state index in [2.05, 4.69) is 0 Å². The van der Waals surface area contributed by atoms with Gasteiger partial charge >= 0.3 is 0 Å². The van der Waals surface area contributed by atoms with E-state index in [9.17, 15) is 56.2 Å². The van der Waals surface area contributed by atoms with Crippen LogP contribution >= 0.6 is 0 Å². The van der Waals surface area contributed by atoms with Gasteiger partial charge in [0.2, 0.25) is 0 Å². The topological polar surface area (TPSA) is 143 Å². The van der Waals surface area contributed by atoms with Crippen molar-refractivity contribution >= 4 is 11.1 Å². The molecule has 0 spiro atoms. The van der Waals surface area contributed by atoms with Crippen LogP contribution in [0.15, 0.2) is 0 Å². The monoisotopic (exact) mass is 586 g/mol. The summed E-state index contributed by atoms with van der Waals surface area (Å²) in [5.74, 6) is -24.2.